The average Bonchev–Trinajstić information content (AvgIpc) is 2.48. The predicted octanol–water partition coefficient (Wildman–Crippen LogP) is 1.13. The minimum atomic E-state index is -0.470. The van der Waals surface area contributed by atoms with E-state index in [1.807, 2.05) is 0 Å². The summed E-state index contributed by atoms with van der Waals surface area (Å²) in [5.74, 6) is 0.0514. The van der Waals surface area contributed by atoms with E-state index in [-0.39, 0.29) is 23.2 Å². The van der Waals surface area contributed by atoms with Crippen LogP contribution in [-0.2, 0) is 11.3 Å². The second-order valence-electron chi connectivity index (χ2n) is 5.34. The summed E-state index contributed by atoms with van der Waals surface area (Å²) in [5.41, 5.74) is 6.55. The monoisotopic (exact) mass is 292 g/mol. The molecule has 1 aromatic rings. The predicted molar refractivity (Wildman–Crippen MR) is 79.6 cm³/mol. The summed E-state index contributed by atoms with van der Waals surface area (Å²) in [6.45, 7) is 2.16. The molecule has 0 aromatic heterocycles. The van der Waals surface area contributed by atoms with E-state index in [0.717, 1.165) is 24.9 Å². The maximum absolute atomic E-state index is 11.7. The molecule has 21 heavy (non-hydrogen) atoms. The molecule has 1 aliphatic heterocycles. The highest BCUT2D eigenvalue weighted by molar-refractivity contribution is 5.78. The number of likely N-dealkylation sites (tertiary alicyclic amines) is 1. The Labute approximate surface area is 123 Å². The van der Waals surface area contributed by atoms with Crippen LogP contribution < -0.4 is 11.1 Å². The van der Waals surface area contributed by atoms with Gasteiger partial charge >= 0.3 is 0 Å². The molecule has 1 fully saturated rings. The van der Waals surface area contributed by atoms with Crippen LogP contribution >= 0.6 is 0 Å². The number of hydrogen-bond acceptors (Lipinski definition) is 5. The zero-order valence-corrected chi connectivity index (χ0v) is 12.0. The van der Waals surface area contributed by atoms with Gasteiger partial charge < -0.3 is 11.1 Å². The molecular formula is C14H20N4O3. The molecule has 1 atom stereocenters. The van der Waals surface area contributed by atoms with Crippen molar-refractivity contribution in [2.75, 3.05) is 25.9 Å². The fraction of sp³-hybridized carbons (Fsp3) is 0.500. The second kappa shape index (κ2) is 6.53. The van der Waals surface area contributed by atoms with Crippen LogP contribution in [0.25, 0.3) is 0 Å². The molecule has 114 valence electrons. The topological polar surface area (TPSA) is 102 Å². The Morgan fingerprint density at radius 2 is 2.33 bits per heavy atom. The van der Waals surface area contributed by atoms with Crippen LogP contribution in [0.2, 0.25) is 0 Å². The molecule has 1 aliphatic rings. The number of nitro groups is 1. The fourth-order valence-corrected chi connectivity index (χ4v) is 2.72. The number of nitro benzene ring substituents is 1. The summed E-state index contributed by atoms with van der Waals surface area (Å²) < 4.78 is 0. The van der Waals surface area contributed by atoms with Gasteiger partial charge in [0.2, 0.25) is 5.91 Å². The number of nitrogens with one attached hydrogen (secondary N) is 1. The van der Waals surface area contributed by atoms with E-state index in [0.29, 0.717) is 13.1 Å². The number of nitrogen functional groups attached to an aromatic ring is 1. The SMILES string of the molecule is CNC(=O)C1CCCN(Cc2ccc(N)c([N+](=O)[O-])c2)C1. The Bertz CT molecular complexity index is 547. The van der Waals surface area contributed by atoms with Gasteiger partial charge in [-0.1, -0.05) is 6.07 Å². The standard InChI is InChI=1S/C14H20N4O3/c1-16-14(19)11-3-2-6-17(9-11)8-10-4-5-12(15)13(7-10)18(20)21/h4-5,7,11H,2-3,6,8-9,15H2,1H3,(H,16,19). The molecule has 0 spiro atoms. The van der Waals surface area contributed by atoms with Gasteiger partial charge in [0.1, 0.15) is 5.69 Å². The molecule has 2 rings (SSSR count). The zero-order valence-electron chi connectivity index (χ0n) is 12.0. The summed E-state index contributed by atoms with van der Waals surface area (Å²) in [7, 11) is 1.64. The zero-order chi connectivity index (χ0) is 15.4. The molecule has 0 saturated carbocycles. The van der Waals surface area contributed by atoms with Crippen LogP contribution in [0.1, 0.15) is 18.4 Å². The first-order chi connectivity index (χ1) is 10.0. The van der Waals surface area contributed by atoms with E-state index in [1.165, 1.54) is 6.07 Å². The Kier molecular flexibility index (Phi) is 4.74. The van der Waals surface area contributed by atoms with Crippen LogP contribution in [-0.4, -0.2) is 35.9 Å². The highest BCUT2D eigenvalue weighted by Crippen LogP contribution is 2.24. The largest absolute Gasteiger partial charge is 0.393 e. The smallest absolute Gasteiger partial charge is 0.292 e. The van der Waals surface area contributed by atoms with Crippen molar-refractivity contribution < 1.29 is 9.72 Å². The maximum Gasteiger partial charge on any atom is 0.292 e. The molecule has 1 amide bonds. The fourth-order valence-electron chi connectivity index (χ4n) is 2.72. The molecule has 0 aliphatic carbocycles. The number of anilines is 1. The molecular weight excluding hydrogens is 272 g/mol. The lowest BCUT2D eigenvalue weighted by Crippen LogP contribution is -2.41. The molecule has 1 saturated heterocycles. The molecule has 3 N–H and O–H groups in total. The minimum absolute atomic E-state index is 0.00693. The molecule has 1 heterocycles. The van der Waals surface area contributed by atoms with Gasteiger partial charge in [0, 0.05) is 26.2 Å². The molecule has 1 aromatic carbocycles. The van der Waals surface area contributed by atoms with E-state index in [1.54, 1.807) is 19.2 Å². The molecule has 1 unspecified atom stereocenters. The van der Waals surface area contributed by atoms with Gasteiger partial charge in [0.15, 0.2) is 0 Å². The average molecular weight is 292 g/mol. The van der Waals surface area contributed by atoms with E-state index >= 15 is 0 Å². The Morgan fingerprint density at radius 1 is 1.57 bits per heavy atom. The van der Waals surface area contributed by atoms with Gasteiger partial charge in [0.25, 0.3) is 5.69 Å². The van der Waals surface area contributed by atoms with Crippen molar-refractivity contribution in [3.8, 4) is 0 Å². The number of amides is 1. The van der Waals surface area contributed by atoms with Gasteiger partial charge in [-0.15, -0.1) is 0 Å². The van der Waals surface area contributed by atoms with Crippen molar-refractivity contribution >= 4 is 17.3 Å². The van der Waals surface area contributed by atoms with Gasteiger partial charge in [0.05, 0.1) is 10.8 Å². The normalized spacial score (nSPS) is 19.2. The minimum Gasteiger partial charge on any atom is -0.393 e. The first kappa shape index (κ1) is 15.2. The van der Waals surface area contributed by atoms with Crippen molar-refractivity contribution in [1.82, 2.24) is 10.2 Å². The summed E-state index contributed by atoms with van der Waals surface area (Å²) in [4.78, 5) is 24.3. The first-order valence-corrected chi connectivity index (χ1v) is 6.98. The number of nitrogens with zero attached hydrogens (tertiary/aromatic N) is 2. The maximum atomic E-state index is 11.7. The van der Waals surface area contributed by atoms with E-state index in [9.17, 15) is 14.9 Å². The second-order valence-corrected chi connectivity index (χ2v) is 5.34. The van der Waals surface area contributed by atoms with Crippen LogP contribution in [0.5, 0.6) is 0 Å². The first-order valence-electron chi connectivity index (χ1n) is 6.98. The van der Waals surface area contributed by atoms with E-state index < -0.39 is 4.92 Å². The van der Waals surface area contributed by atoms with Crippen LogP contribution in [0, 0.1) is 16.0 Å². The third kappa shape index (κ3) is 3.69. The number of nitrogens with two attached hydrogens (primary N) is 1. The number of hydrogen-bond donors (Lipinski definition) is 2. The lowest BCUT2D eigenvalue weighted by molar-refractivity contribution is -0.384. The van der Waals surface area contributed by atoms with Gasteiger partial charge in [-0.2, -0.15) is 0 Å². The number of rotatable bonds is 4. The third-order valence-corrected chi connectivity index (χ3v) is 3.82. The summed E-state index contributed by atoms with van der Waals surface area (Å²) in [5, 5.41) is 13.6. The lowest BCUT2D eigenvalue weighted by Gasteiger charge is -2.31. The summed E-state index contributed by atoms with van der Waals surface area (Å²) in [6, 6.07) is 4.87. The van der Waals surface area contributed by atoms with Crippen molar-refractivity contribution in [3.05, 3.63) is 33.9 Å². The Hall–Kier alpha value is -2.15. The van der Waals surface area contributed by atoms with Crippen LogP contribution in [0.4, 0.5) is 11.4 Å². The van der Waals surface area contributed by atoms with E-state index in [4.69, 9.17) is 5.73 Å². The number of carbonyl (C=O) groups excluding carboxylic acids is 1. The van der Waals surface area contributed by atoms with E-state index in [2.05, 4.69) is 10.2 Å². The quantitative estimate of drug-likeness (QED) is 0.492. The lowest BCUT2D eigenvalue weighted by atomic mass is 9.96. The third-order valence-electron chi connectivity index (χ3n) is 3.82. The van der Waals surface area contributed by atoms with Crippen LogP contribution in [0.15, 0.2) is 18.2 Å². The summed E-state index contributed by atoms with van der Waals surface area (Å²) in [6.07, 6.45) is 1.84. The highest BCUT2D eigenvalue weighted by Gasteiger charge is 2.25. The highest BCUT2D eigenvalue weighted by atomic mass is 16.6. The number of piperidine rings is 1. The number of benzene rings is 1. The number of carbonyl (C=O) groups is 1. The van der Waals surface area contributed by atoms with Gasteiger partial charge in [-0.3, -0.25) is 19.8 Å². The summed E-state index contributed by atoms with van der Waals surface area (Å²) >= 11 is 0. The van der Waals surface area contributed by atoms with Gasteiger partial charge in [-0.05, 0) is 31.0 Å². The Balaban J connectivity index is 2.06. The molecule has 7 heteroatoms. The van der Waals surface area contributed by atoms with Crippen molar-refractivity contribution in [2.24, 2.45) is 5.92 Å². The molecule has 0 radical (unpaired) electrons. The molecule has 0 bridgehead atoms. The Morgan fingerprint density at radius 3 is 3.00 bits per heavy atom. The molecule has 7 nitrogen and oxygen atoms in total. The van der Waals surface area contributed by atoms with Crippen molar-refractivity contribution in [2.45, 2.75) is 19.4 Å². The van der Waals surface area contributed by atoms with Crippen molar-refractivity contribution in [3.63, 3.8) is 0 Å². The van der Waals surface area contributed by atoms with Gasteiger partial charge in [-0.25, -0.2) is 0 Å². The van der Waals surface area contributed by atoms with Crippen LogP contribution in [0.3, 0.4) is 0 Å². The van der Waals surface area contributed by atoms with Crippen molar-refractivity contribution in [1.29, 1.82) is 0 Å².